The van der Waals surface area contributed by atoms with Crippen molar-refractivity contribution in [1.82, 2.24) is 10.1 Å². The van der Waals surface area contributed by atoms with Gasteiger partial charge in [-0.25, -0.2) is 4.98 Å². The molecular formula is C28H29N3O4. The maximum atomic E-state index is 6.19. The molecular weight excluding hydrogens is 442 g/mol. The summed E-state index contributed by atoms with van der Waals surface area (Å²) in [4.78, 5) is 4.49. The lowest BCUT2D eigenvalue weighted by Gasteiger charge is -2.15. The van der Waals surface area contributed by atoms with Crippen LogP contribution >= 0.6 is 0 Å². The van der Waals surface area contributed by atoms with E-state index in [4.69, 9.17) is 18.7 Å². The average molecular weight is 472 g/mol. The van der Waals surface area contributed by atoms with Crippen molar-refractivity contribution in [3.8, 4) is 28.6 Å². The minimum Gasteiger partial charge on any atom is -0.497 e. The van der Waals surface area contributed by atoms with Gasteiger partial charge in [-0.2, -0.15) is 0 Å². The third-order valence-electron chi connectivity index (χ3n) is 6.10. The predicted molar refractivity (Wildman–Crippen MR) is 134 cm³/mol. The van der Waals surface area contributed by atoms with Crippen LogP contribution in [0.1, 0.15) is 37.0 Å². The van der Waals surface area contributed by atoms with E-state index in [-0.39, 0.29) is 6.10 Å². The van der Waals surface area contributed by atoms with Crippen LogP contribution in [0.5, 0.6) is 17.5 Å². The Morgan fingerprint density at radius 1 is 1.00 bits per heavy atom. The van der Waals surface area contributed by atoms with Crippen LogP contribution in [0.4, 0.5) is 5.69 Å². The van der Waals surface area contributed by atoms with Gasteiger partial charge >= 0.3 is 0 Å². The molecule has 7 nitrogen and oxygen atoms in total. The van der Waals surface area contributed by atoms with E-state index in [1.54, 1.807) is 19.4 Å². The Morgan fingerprint density at radius 2 is 1.80 bits per heavy atom. The molecule has 1 aliphatic rings. The van der Waals surface area contributed by atoms with Gasteiger partial charge in [0.1, 0.15) is 18.5 Å². The second-order valence-electron chi connectivity index (χ2n) is 8.58. The first-order valence-electron chi connectivity index (χ1n) is 11.9. The molecule has 2 aromatic heterocycles. The summed E-state index contributed by atoms with van der Waals surface area (Å²) in [5, 5.41) is 7.36. The summed E-state index contributed by atoms with van der Waals surface area (Å²) in [7, 11) is 1.65. The molecule has 5 rings (SSSR count). The standard InChI is InChI=1S/C28H29N3O4/c1-32-23-14-8-20(9-15-23)19-33-27-17-25(35-31-27)18-30-22-12-10-21(11-13-22)26-7-4-16-29-28(26)34-24-5-2-3-6-24/h4,7-17,24,30H,2-3,5-6,18-19H2,1H3. The molecule has 180 valence electrons. The topological polar surface area (TPSA) is 78.6 Å². The predicted octanol–water partition coefficient (Wildman–Crippen LogP) is 6.26. The first kappa shape index (κ1) is 22.8. The van der Waals surface area contributed by atoms with Gasteiger partial charge in [-0.3, -0.25) is 0 Å². The zero-order valence-electron chi connectivity index (χ0n) is 19.8. The van der Waals surface area contributed by atoms with Crippen molar-refractivity contribution in [2.75, 3.05) is 12.4 Å². The summed E-state index contributed by atoms with van der Waals surface area (Å²) in [6.45, 7) is 0.910. The van der Waals surface area contributed by atoms with E-state index in [9.17, 15) is 0 Å². The number of anilines is 1. The van der Waals surface area contributed by atoms with Crippen LogP contribution in [0.25, 0.3) is 11.1 Å². The summed E-state index contributed by atoms with van der Waals surface area (Å²) in [5.74, 6) is 2.68. The van der Waals surface area contributed by atoms with E-state index in [1.807, 2.05) is 42.5 Å². The molecule has 0 radical (unpaired) electrons. The Labute approximate surface area is 205 Å². The van der Waals surface area contributed by atoms with E-state index in [1.165, 1.54) is 12.8 Å². The zero-order chi connectivity index (χ0) is 23.9. The maximum absolute atomic E-state index is 6.19. The number of hydrogen-bond acceptors (Lipinski definition) is 7. The molecule has 2 aromatic carbocycles. The SMILES string of the molecule is COc1ccc(COc2cc(CNc3ccc(-c4cccnc4OC4CCCC4)cc3)on2)cc1. The molecule has 0 aliphatic heterocycles. The van der Waals surface area contributed by atoms with Crippen molar-refractivity contribution in [2.24, 2.45) is 0 Å². The van der Waals surface area contributed by atoms with Gasteiger partial charge in [0, 0.05) is 23.5 Å². The van der Waals surface area contributed by atoms with E-state index in [2.05, 4.69) is 33.7 Å². The minimum atomic E-state index is 0.275. The molecule has 2 heterocycles. The molecule has 35 heavy (non-hydrogen) atoms. The molecule has 7 heteroatoms. The monoisotopic (exact) mass is 471 g/mol. The van der Waals surface area contributed by atoms with Crippen molar-refractivity contribution < 1.29 is 18.7 Å². The summed E-state index contributed by atoms with van der Waals surface area (Å²) >= 11 is 0. The Kier molecular flexibility index (Phi) is 7.13. The van der Waals surface area contributed by atoms with Gasteiger partial charge < -0.3 is 24.1 Å². The fraction of sp³-hybridized carbons (Fsp3) is 0.286. The van der Waals surface area contributed by atoms with Gasteiger partial charge in [0.2, 0.25) is 5.88 Å². The van der Waals surface area contributed by atoms with Gasteiger partial charge in [-0.1, -0.05) is 24.3 Å². The highest BCUT2D eigenvalue weighted by molar-refractivity contribution is 5.70. The lowest BCUT2D eigenvalue weighted by Crippen LogP contribution is -2.12. The molecule has 0 unspecified atom stereocenters. The highest BCUT2D eigenvalue weighted by Gasteiger charge is 2.19. The number of nitrogens with one attached hydrogen (secondary N) is 1. The average Bonchev–Trinajstić information content (AvgIpc) is 3.59. The molecule has 0 spiro atoms. The lowest BCUT2D eigenvalue weighted by atomic mass is 10.1. The molecule has 1 aliphatic carbocycles. The second kappa shape index (κ2) is 11.0. The summed E-state index contributed by atoms with van der Waals surface area (Å²) in [6.07, 6.45) is 6.74. The number of rotatable bonds is 10. The third kappa shape index (κ3) is 5.93. The van der Waals surface area contributed by atoms with Crippen LogP contribution in [0.3, 0.4) is 0 Å². The van der Waals surface area contributed by atoms with Crippen LogP contribution in [-0.2, 0) is 13.2 Å². The molecule has 4 aromatic rings. The Hall–Kier alpha value is -4.00. The molecule has 1 saturated carbocycles. The first-order valence-corrected chi connectivity index (χ1v) is 11.9. The Morgan fingerprint density at radius 3 is 2.57 bits per heavy atom. The molecule has 0 saturated heterocycles. The molecule has 0 atom stereocenters. The van der Waals surface area contributed by atoms with E-state index >= 15 is 0 Å². The van der Waals surface area contributed by atoms with E-state index in [0.29, 0.717) is 30.7 Å². The number of hydrogen-bond donors (Lipinski definition) is 1. The number of ether oxygens (including phenoxy) is 3. The number of benzene rings is 2. The fourth-order valence-electron chi connectivity index (χ4n) is 4.15. The molecule has 1 fully saturated rings. The van der Waals surface area contributed by atoms with Crippen LogP contribution in [-0.4, -0.2) is 23.4 Å². The van der Waals surface area contributed by atoms with Gasteiger partial charge in [0.05, 0.1) is 13.7 Å². The second-order valence-corrected chi connectivity index (χ2v) is 8.58. The largest absolute Gasteiger partial charge is 0.497 e. The van der Waals surface area contributed by atoms with Crippen LogP contribution in [0.15, 0.2) is 77.4 Å². The van der Waals surface area contributed by atoms with E-state index in [0.717, 1.165) is 41.0 Å². The van der Waals surface area contributed by atoms with Gasteiger partial charge in [0.15, 0.2) is 5.76 Å². The van der Waals surface area contributed by atoms with Gasteiger partial charge in [0.25, 0.3) is 5.88 Å². The number of nitrogens with zero attached hydrogens (tertiary/aromatic N) is 2. The Bertz CT molecular complexity index is 1220. The molecule has 0 amide bonds. The summed E-state index contributed by atoms with van der Waals surface area (Å²) < 4.78 is 22.5. The van der Waals surface area contributed by atoms with Gasteiger partial charge in [-0.15, -0.1) is 0 Å². The smallest absolute Gasteiger partial charge is 0.254 e. The Balaban J connectivity index is 1.15. The minimum absolute atomic E-state index is 0.275. The highest BCUT2D eigenvalue weighted by atomic mass is 16.5. The van der Waals surface area contributed by atoms with Crippen LogP contribution < -0.4 is 19.5 Å². The zero-order valence-corrected chi connectivity index (χ0v) is 19.8. The van der Waals surface area contributed by atoms with Crippen molar-refractivity contribution in [1.29, 1.82) is 0 Å². The first-order chi connectivity index (χ1) is 17.3. The van der Waals surface area contributed by atoms with Crippen LogP contribution in [0, 0.1) is 0 Å². The van der Waals surface area contributed by atoms with Crippen molar-refractivity contribution in [3.63, 3.8) is 0 Å². The summed E-state index contributed by atoms with van der Waals surface area (Å²) in [6, 6.07) is 21.8. The fourth-order valence-corrected chi connectivity index (χ4v) is 4.15. The van der Waals surface area contributed by atoms with Crippen molar-refractivity contribution >= 4 is 5.69 Å². The van der Waals surface area contributed by atoms with Crippen molar-refractivity contribution in [3.05, 3.63) is 84.3 Å². The quantitative estimate of drug-likeness (QED) is 0.292. The number of pyridine rings is 1. The highest BCUT2D eigenvalue weighted by Crippen LogP contribution is 2.32. The third-order valence-corrected chi connectivity index (χ3v) is 6.10. The maximum Gasteiger partial charge on any atom is 0.254 e. The van der Waals surface area contributed by atoms with E-state index < -0.39 is 0 Å². The number of methoxy groups -OCH3 is 1. The summed E-state index contributed by atoms with van der Waals surface area (Å²) in [5.41, 5.74) is 4.09. The number of aromatic nitrogens is 2. The van der Waals surface area contributed by atoms with Crippen molar-refractivity contribution in [2.45, 2.75) is 44.9 Å². The van der Waals surface area contributed by atoms with Crippen LogP contribution in [0.2, 0.25) is 0 Å². The normalized spacial score (nSPS) is 13.5. The molecule has 1 N–H and O–H groups in total. The van der Waals surface area contributed by atoms with Gasteiger partial charge in [-0.05, 0) is 78.4 Å². The molecule has 0 bridgehead atoms. The lowest BCUT2D eigenvalue weighted by molar-refractivity contribution is 0.202.